The minimum atomic E-state index is -0.697. The van der Waals surface area contributed by atoms with Crippen molar-refractivity contribution in [2.75, 3.05) is 13.2 Å². The van der Waals surface area contributed by atoms with Gasteiger partial charge in [-0.1, -0.05) is 20.3 Å². The van der Waals surface area contributed by atoms with Crippen LogP contribution in [0.5, 0.6) is 0 Å². The van der Waals surface area contributed by atoms with Crippen LogP contribution in [0.1, 0.15) is 33.1 Å². The molecule has 3 N–H and O–H groups in total. The lowest BCUT2D eigenvalue weighted by Crippen LogP contribution is -2.39. The van der Waals surface area contributed by atoms with Gasteiger partial charge < -0.3 is 15.8 Å². The van der Waals surface area contributed by atoms with Crippen LogP contribution in [-0.2, 0) is 4.74 Å². The molecule has 1 atom stereocenters. The first-order valence-electron chi connectivity index (χ1n) is 5.18. The van der Waals surface area contributed by atoms with Gasteiger partial charge in [-0.3, -0.25) is 0 Å². The van der Waals surface area contributed by atoms with Crippen LogP contribution in [0.4, 0.5) is 4.79 Å². The van der Waals surface area contributed by atoms with Crippen molar-refractivity contribution < 1.29 is 9.53 Å². The summed E-state index contributed by atoms with van der Waals surface area (Å²) >= 11 is 0. The summed E-state index contributed by atoms with van der Waals surface area (Å²) in [6, 6.07) is 0.541. The summed E-state index contributed by atoms with van der Waals surface area (Å²) in [6.07, 6.45) is 3.06. The number of carbonyl (C=O) groups excluding carboxylic acids is 1. The Balaban J connectivity index is 2.15. The number of nitrogens with two attached hydrogens (primary N) is 1. The minimum Gasteiger partial charge on any atom is -0.448 e. The van der Waals surface area contributed by atoms with Crippen LogP contribution in [0.15, 0.2) is 0 Å². The van der Waals surface area contributed by atoms with Crippen LogP contribution in [0.2, 0.25) is 0 Å². The maximum Gasteiger partial charge on any atom is 0.404 e. The molecule has 4 nitrogen and oxygen atoms in total. The second kappa shape index (κ2) is 4.64. The predicted octanol–water partition coefficient (Wildman–Crippen LogP) is 1.25. The van der Waals surface area contributed by atoms with E-state index in [0.29, 0.717) is 24.6 Å². The Labute approximate surface area is 85.2 Å². The zero-order chi connectivity index (χ0) is 10.6. The van der Waals surface area contributed by atoms with Crippen molar-refractivity contribution in [1.29, 1.82) is 0 Å². The van der Waals surface area contributed by atoms with Crippen LogP contribution in [0.25, 0.3) is 0 Å². The third-order valence-electron chi connectivity index (χ3n) is 2.99. The summed E-state index contributed by atoms with van der Waals surface area (Å²) in [7, 11) is 0. The average Bonchev–Trinajstić information content (AvgIpc) is 2.39. The Bertz CT molecular complexity index is 204. The minimum absolute atomic E-state index is 0.363. The highest BCUT2D eigenvalue weighted by Gasteiger charge is 2.33. The van der Waals surface area contributed by atoms with Gasteiger partial charge in [0.05, 0.1) is 0 Å². The van der Waals surface area contributed by atoms with Crippen LogP contribution < -0.4 is 11.1 Å². The lowest BCUT2D eigenvalue weighted by atomic mass is 9.87. The SMILES string of the molecule is CC1(C)CCCC1NCCOC(N)=O. The molecule has 1 amide bonds. The molecule has 0 saturated heterocycles. The van der Waals surface area contributed by atoms with Gasteiger partial charge in [-0.15, -0.1) is 0 Å². The molecule has 1 unspecified atom stereocenters. The molecule has 0 aromatic carbocycles. The van der Waals surface area contributed by atoms with Crippen molar-refractivity contribution in [2.45, 2.75) is 39.2 Å². The number of primary amides is 1. The highest BCUT2D eigenvalue weighted by Crippen LogP contribution is 2.36. The second-order valence-corrected chi connectivity index (χ2v) is 4.56. The van der Waals surface area contributed by atoms with E-state index in [2.05, 4.69) is 23.9 Å². The molecule has 0 heterocycles. The summed E-state index contributed by atoms with van der Waals surface area (Å²) in [5.41, 5.74) is 5.22. The molecule has 0 aromatic heterocycles. The molecule has 1 aliphatic rings. The molecule has 0 aromatic rings. The first-order chi connectivity index (χ1) is 6.52. The highest BCUT2D eigenvalue weighted by molar-refractivity contribution is 5.64. The summed E-state index contributed by atoms with van der Waals surface area (Å²) in [5.74, 6) is 0. The standard InChI is InChI=1S/C10H20N2O2/c1-10(2)5-3-4-8(10)12-6-7-14-9(11)13/h8,12H,3-7H2,1-2H3,(H2,11,13). The molecule has 82 valence electrons. The van der Waals surface area contributed by atoms with E-state index in [0.717, 1.165) is 0 Å². The molecule has 0 bridgehead atoms. The average molecular weight is 200 g/mol. The van der Waals surface area contributed by atoms with Gasteiger partial charge >= 0.3 is 6.09 Å². The van der Waals surface area contributed by atoms with Crippen LogP contribution in [0, 0.1) is 5.41 Å². The number of hydrogen-bond donors (Lipinski definition) is 2. The molecule has 1 saturated carbocycles. The molecule has 0 radical (unpaired) electrons. The zero-order valence-electron chi connectivity index (χ0n) is 9.01. The largest absolute Gasteiger partial charge is 0.448 e. The molecule has 1 aliphatic carbocycles. The Morgan fingerprint density at radius 2 is 2.36 bits per heavy atom. The lowest BCUT2D eigenvalue weighted by Gasteiger charge is -2.27. The van der Waals surface area contributed by atoms with Crippen molar-refractivity contribution in [2.24, 2.45) is 11.1 Å². The lowest BCUT2D eigenvalue weighted by molar-refractivity contribution is 0.153. The molecule has 4 heteroatoms. The smallest absolute Gasteiger partial charge is 0.404 e. The van der Waals surface area contributed by atoms with Crippen LogP contribution in [0.3, 0.4) is 0 Å². The molecule has 1 fully saturated rings. The maximum atomic E-state index is 10.3. The molecule has 14 heavy (non-hydrogen) atoms. The van der Waals surface area contributed by atoms with E-state index in [1.54, 1.807) is 0 Å². The number of nitrogens with one attached hydrogen (secondary N) is 1. The normalized spacial score (nSPS) is 24.9. The van der Waals surface area contributed by atoms with Crippen LogP contribution in [-0.4, -0.2) is 25.3 Å². The van der Waals surface area contributed by atoms with Gasteiger partial charge in [-0.25, -0.2) is 4.79 Å². The number of hydrogen-bond acceptors (Lipinski definition) is 3. The topological polar surface area (TPSA) is 64.3 Å². The third-order valence-corrected chi connectivity index (χ3v) is 2.99. The van der Waals surface area contributed by atoms with Gasteiger partial charge in [0.2, 0.25) is 0 Å². The summed E-state index contributed by atoms with van der Waals surface area (Å²) in [5, 5.41) is 3.39. The van der Waals surface area contributed by atoms with Gasteiger partial charge in [0, 0.05) is 12.6 Å². The van der Waals surface area contributed by atoms with E-state index in [1.165, 1.54) is 19.3 Å². The van der Waals surface area contributed by atoms with E-state index in [1.807, 2.05) is 0 Å². The van der Waals surface area contributed by atoms with Crippen molar-refractivity contribution in [1.82, 2.24) is 5.32 Å². The quantitative estimate of drug-likeness (QED) is 0.671. The fraction of sp³-hybridized carbons (Fsp3) is 0.900. The summed E-state index contributed by atoms with van der Waals surface area (Å²) < 4.78 is 4.65. The maximum absolute atomic E-state index is 10.3. The van der Waals surface area contributed by atoms with Gasteiger partial charge in [-0.2, -0.15) is 0 Å². The van der Waals surface area contributed by atoms with E-state index in [9.17, 15) is 4.79 Å². The first-order valence-corrected chi connectivity index (χ1v) is 5.18. The summed E-state index contributed by atoms with van der Waals surface area (Å²) in [6.45, 7) is 5.60. The third kappa shape index (κ3) is 3.18. The van der Waals surface area contributed by atoms with Crippen molar-refractivity contribution in [3.63, 3.8) is 0 Å². The molecular formula is C10H20N2O2. The number of rotatable bonds is 4. The van der Waals surface area contributed by atoms with Gasteiger partial charge in [0.15, 0.2) is 0 Å². The Morgan fingerprint density at radius 1 is 1.64 bits per heavy atom. The number of amides is 1. The summed E-state index contributed by atoms with van der Waals surface area (Å²) in [4.78, 5) is 10.3. The Hall–Kier alpha value is -0.770. The Kier molecular flexibility index (Phi) is 3.75. The van der Waals surface area contributed by atoms with Crippen molar-refractivity contribution in [3.8, 4) is 0 Å². The number of carbonyl (C=O) groups is 1. The molecular weight excluding hydrogens is 180 g/mol. The Morgan fingerprint density at radius 3 is 2.86 bits per heavy atom. The predicted molar refractivity (Wildman–Crippen MR) is 55.0 cm³/mol. The van der Waals surface area contributed by atoms with E-state index < -0.39 is 6.09 Å². The van der Waals surface area contributed by atoms with E-state index >= 15 is 0 Å². The van der Waals surface area contributed by atoms with Crippen LogP contribution >= 0.6 is 0 Å². The monoisotopic (exact) mass is 200 g/mol. The van der Waals surface area contributed by atoms with E-state index in [-0.39, 0.29) is 0 Å². The second-order valence-electron chi connectivity index (χ2n) is 4.56. The fourth-order valence-electron chi connectivity index (χ4n) is 2.09. The molecule has 1 rings (SSSR count). The van der Waals surface area contributed by atoms with E-state index in [4.69, 9.17) is 5.73 Å². The molecule has 0 aliphatic heterocycles. The van der Waals surface area contributed by atoms with Gasteiger partial charge in [-0.05, 0) is 18.3 Å². The zero-order valence-corrected chi connectivity index (χ0v) is 9.01. The highest BCUT2D eigenvalue weighted by atomic mass is 16.5. The molecule has 0 spiro atoms. The van der Waals surface area contributed by atoms with Crippen molar-refractivity contribution in [3.05, 3.63) is 0 Å². The fourth-order valence-corrected chi connectivity index (χ4v) is 2.09. The number of ether oxygens (including phenoxy) is 1. The van der Waals surface area contributed by atoms with Crippen molar-refractivity contribution >= 4 is 6.09 Å². The first kappa shape index (κ1) is 11.3. The van der Waals surface area contributed by atoms with Gasteiger partial charge in [0.25, 0.3) is 0 Å². The van der Waals surface area contributed by atoms with Gasteiger partial charge in [0.1, 0.15) is 6.61 Å².